The number of anilines is 1. The number of aromatic nitrogens is 4. The number of nitrogens with zero attached hydrogens (tertiary/aromatic N) is 3. The van der Waals surface area contributed by atoms with Gasteiger partial charge in [-0.1, -0.05) is 6.07 Å². The zero-order valence-electron chi connectivity index (χ0n) is 17.3. The monoisotopic (exact) mass is 434 g/mol. The van der Waals surface area contributed by atoms with Crippen LogP contribution in [0.25, 0.3) is 21.9 Å². The fraction of sp³-hybridized carbons (Fsp3) is 0.304. The molecule has 1 fully saturated rings. The second kappa shape index (κ2) is 8.51. The molecule has 4 aromatic rings. The van der Waals surface area contributed by atoms with Gasteiger partial charge in [0.15, 0.2) is 0 Å². The van der Waals surface area contributed by atoms with Crippen molar-refractivity contribution in [2.45, 2.75) is 44.4 Å². The zero-order valence-corrected chi connectivity index (χ0v) is 17.3. The number of H-pyrrole nitrogens is 1. The van der Waals surface area contributed by atoms with Gasteiger partial charge in [0.1, 0.15) is 11.6 Å². The van der Waals surface area contributed by atoms with Crippen molar-refractivity contribution in [2.24, 2.45) is 0 Å². The minimum absolute atomic E-state index is 0.192. The number of aliphatic hydroxyl groups excluding tert-OH is 1. The van der Waals surface area contributed by atoms with E-state index in [1.54, 1.807) is 24.4 Å². The van der Waals surface area contributed by atoms with Crippen LogP contribution in [0.5, 0.6) is 0 Å². The number of halogens is 1. The molecule has 0 atom stereocenters. The minimum atomic E-state index is -0.343. The first-order valence-electron chi connectivity index (χ1n) is 10.7. The maximum Gasteiger partial charge on any atom is 0.251 e. The summed E-state index contributed by atoms with van der Waals surface area (Å²) in [5.41, 5.74) is 2.38. The number of aliphatic hydroxyl groups is 1. The molecule has 1 amide bonds. The van der Waals surface area contributed by atoms with Gasteiger partial charge in [0.05, 0.1) is 29.2 Å². The number of hydrogen-bond acceptors (Lipinski definition) is 6. The third kappa shape index (κ3) is 4.38. The second-order valence-electron chi connectivity index (χ2n) is 8.14. The number of rotatable bonds is 5. The standard InChI is InChI=1S/C23H23FN6O2/c24-15-3-8-18-20(10-15)29-21(28-18)12-25-22(32)13-1-2-14-11-26-23(30-19(14)9-13)27-16-4-6-17(31)7-5-16/h1-3,8-11,16-17,31H,4-7,12H2,(H,25,32)(H,28,29)(H,26,27,30). The van der Waals surface area contributed by atoms with Crippen molar-refractivity contribution in [1.82, 2.24) is 25.3 Å². The van der Waals surface area contributed by atoms with Gasteiger partial charge >= 0.3 is 0 Å². The van der Waals surface area contributed by atoms with Crippen LogP contribution in [0.2, 0.25) is 0 Å². The quantitative estimate of drug-likeness (QED) is 0.383. The number of imidazole rings is 1. The van der Waals surface area contributed by atoms with Gasteiger partial charge in [0.25, 0.3) is 5.91 Å². The molecule has 1 saturated carbocycles. The Bertz CT molecular complexity index is 1280. The zero-order chi connectivity index (χ0) is 22.1. The summed E-state index contributed by atoms with van der Waals surface area (Å²) in [6.45, 7) is 0.192. The van der Waals surface area contributed by atoms with Crippen LogP contribution >= 0.6 is 0 Å². The molecule has 32 heavy (non-hydrogen) atoms. The molecule has 8 nitrogen and oxygen atoms in total. The summed E-state index contributed by atoms with van der Waals surface area (Å²) in [6.07, 6.45) is 4.81. The van der Waals surface area contributed by atoms with Gasteiger partial charge in [-0.15, -0.1) is 0 Å². The lowest BCUT2D eigenvalue weighted by atomic mass is 9.93. The van der Waals surface area contributed by atoms with Crippen molar-refractivity contribution >= 4 is 33.8 Å². The summed E-state index contributed by atoms with van der Waals surface area (Å²) in [6, 6.07) is 9.83. The number of nitrogens with one attached hydrogen (secondary N) is 3. The summed E-state index contributed by atoms with van der Waals surface area (Å²) >= 11 is 0. The molecule has 0 radical (unpaired) electrons. The van der Waals surface area contributed by atoms with Crippen molar-refractivity contribution in [3.05, 3.63) is 59.8 Å². The topological polar surface area (TPSA) is 116 Å². The van der Waals surface area contributed by atoms with Crippen LogP contribution in [-0.4, -0.2) is 43.1 Å². The van der Waals surface area contributed by atoms with Crippen molar-refractivity contribution in [2.75, 3.05) is 5.32 Å². The molecule has 0 bridgehead atoms. The molecule has 0 unspecified atom stereocenters. The van der Waals surface area contributed by atoms with E-state index in [0.717, 1.165) is 31.1 Å². The SMILES string of the molecule is O=C(NCc1nc2ccc(F)cc2[nH]1)c1ccc2cnc(NC3CCC(O)CC3)nc2c1. The normalized spacial score (nSPS) is 18.7. The highest BCUT2D eigenvalue weighted by Gasteiger charge is 2.20. The fourth-order valence-electron chi connectivity index (χ4n) is 4.02. The maximum atomic E-state index is 13.3. The smallest absolute Gasteiger partial charge is 0.251 e. The number of amides is 1. The van der Waals surface area contributed by atoms with Crippen LogP contribution in [0, 0.1) is 5.82 Å². The number of benzene rings is 2. The Kier molecular flexibility index (Phi) is 5.40. The van der Waals surface area contributed by atoms with Crippen molar-refractivity contribution < 1.29 is 14.3 Å². The molecule has 5 rings (SSSR count). The summed E-state index contributed by atoms with van der Waals surface area (Å²) < 4.78 is 13.3. The molecular formula is C23H23FN6O2. The van der Waals surface area contributed by atoms with E-state index >= 15 is 0 Å². The highest BCUT2D eigenvalue weighted by Crippen LogP contribution is 2.22. The van der Waals surface area contributed by atoms with Gasteiger partial charge in [-0.25, -0.2) is 19.3 Å². The van der Waals surface area contributed by atoms with E-state index in [-0.39, 0.29) is 30.4 Å². The van der Waals surface area contributed by atoms with Crippen LogP contribution in [0.15, 0.2) is 42.6 Å². The molecule has 2 aromatic heterocycles. The Labute approximate surface area is 183 Å². The van der Waals surface area contributed by atoms with E-state index < -0.39 is 0 Å². The van der Waals surface area contributed by atoms with Gasteiger partial charge in [0.2, 0.25) is 5.95 Å². The largest absolute Gasteiger partial charge is 0.393 e. The molecule has 0 saturated heterocycles. The van der Waals surface area contributed by atoms with Gasteiger partial charge in [0, 0.05) is 23.2 Å². The van der Waals surface area contributed by atoms with Crippen LogP contribution < -0.4 is 10.6 Å². The van der Waals surface area contributed by atoms with E-state index in [1.165, 1.54) is 12.1 Å². The Hall–Kier alpha value is -3.59. The molecule has 4 N–H and O–H groups in total. The number of hydrogen-bond donors (Lipinski definition) is 4. The highest BCUT2D eigenvalue weighted by atomic mass is 19.1. The summed E-state index contributed by atoms with van der Waals surface area (Å²) in [5.74, 6) is 0.467. The number of fused-ring (bicyclic) bond motifs is 2. The lowest BCUT2D eigenvalue weighted by Gasteiger charge is -2.26. The predicted octanol–water partition coefficient (Wildman–Crippen LogP) is 3.29. The lowest BCUT2D eigenvalue weighted by Crippen LogP contribution is -2.28. The lowest BCUT2D eigenvalue weighted by molar-refractivity contribution is 0.0950. The van der Waals surface area contributed by atoms with E-state index in [2.05, 4.69) is 30.6 Å². The van der Waals surface area contributed by atoms with Gasteiger partial charge in [-0.3, -0.25) is 4.79 Å². The van der Waals surface area contributed by atoms with Crippen molar-refractivity contribution in [1.29, 1.82) is 0 Å². The summed E-state index contributed by atoms with van der Waals surface area (Å²) in [7, 11) is 0. The van der Waals surface area contributed by atoms with E-state index in [0.29, 0.717) is 33.9 Å². The fourth-order valence-corrected chi connectivity index (χ4v) is 4.02. The first kappa shape index (κ1) is 20.3. The second-order valence-corrected chi connectivity index (χ2v) is 8.14. The van der Waals surface area contributed by atoms with E-state index in [9.17, 15) is 14.3 Å². The molecule has 1 aliphatic rings. The minimum Gasteiger partial charge on any atom is -0.393 e. The van der Waals surface area contributed by atoms with Crippen LogP contribution in [0.3, 0.4) is 0 Å². The number of aromatic amines is 1. The van der Waals surface area contributed by atoms with E-state index in [4.69, 9.17) is 0 Å². The van der Waals surface area contributed by atoms with Gasteiger partial charge in [-0.05, 0) is 56.0 Å². The van der Waals surface area contributed by atoms with E-state index in [1.807, 2.05) is 6.07 Å². The van der Waals surface area contributed by atoms with Crippen molar-refractivity contribution in [3.8, 4) is 0 Å². The molecule has 2 aromatic carbocycles. The first-order chi connectivity index (χ1) is 15.5. The van der Waals surface area contributed by atoms with Crippen LogP contribution in [0.1, 0.15) is 41.9 Å². The maximum absolute atomic E-state index is 13.3. The Morgan fingerprint density at radius 1 is 1.09 bits per heavy atom. The molecule has 2 heterocycles. The molecule has 0 spiro atoms. The van der Waals surface area contributed by atoms with Gasteiger partial charge in [-0.2, -0.15) is 0 Å². The molecule has 164 valence electrons. The Morgan fingerprint density at radius 3 is 2.78 bits per heavy atom. The molecule has 9 heteroatoms. The molecule has 1 aliphatic carbocycles. The number of carbonyl (C=O) groups is 1. The first-order valence-corrected chi connectivity index (χ1v) is 10.7. The third-order valence-electron chi connectivity index (χ3n) is 5.78. The summed E-state index contributed by atoms with van der Waals surface area (Å²) in [4.78, 5) is 29.0. The molecular weight excluding hydrogens is 411 g/mol. The third-order valence-corrected chi connectivity index (χ3v) is 5.78. The van der Waals surface area contributed by atoms with Gasteiger partial charge < -0.3 is 20.7 Å². The predicted molar refractivity (Wildman–Crippen MR) is 119 cm³/mol. The number of carbonyl (C=O) groups excluding carboxylic acids is 1. The van der Waals surface area contributed by atoms with Crippen LogP contribution in [0.4, 0.5) is 10.3 Å². The Balaban J connectivity index is 1.27. The average Bonchev–Trinajstić information content (AvgIpc) is 3.20. The van der Waals surface area contributed by atoms with Crippen LogP contribution in [-0.2, 0) is 6.54 Å². The van der Waals surface area contributed by atoms with Crippen molar-refractivity contribution in [3.63, 3.8) is 0 Å². The Morgan fingerprint density at radius 2 is 1.94 bits per heavy atom. The average molecular weight is 434 g/mol. The summed E-state index contributed by atoms with van der Waals surface area (Å²) in [5, 5.41) is 16.7. The molecule has 0 aliphatic heterocycles. The highest BCUT2D eigenvalue weighted by molar-refractivity contribution is 5.97.